The molecule has 4 nitrogen and oxygen atoms in total. The van der Waals surface area contributed by atoms with Crippen LogP contribution >= 0.6 is 0 Å². The van der Waals surface area contributed by atoms with Crippen molar-refractivity contribution in [3.63, 3.8) is 0 Å². The first kappa shape index (κ1) is 12.1. The third kappa shape index (κ3) is 2.87. The predicted molar refractivity (Wildman–Crippen MR) is 64.9 cm³/mol. The number of carbonyl (C=O) groups is 1. The molecule has 94 valence electrons. The third-order valence-corrected chi connectivity index (χ3v) is 3.74. The van der Waals surface area contributed by atoms with Gasteiger partial charge in [-0.2, -0.15) is 0 Å². The fraction of sp³-hybridized carbons (Fsp3) is 0.692. The first-order valence-electron chi connectivity index (χ1n) is 6.41. The highest BCUT2D eigenvalue weighted by atomic mass is 16.4. The van der Waals surface area contributed by atoms with Gasteiger partial charge in [-0.15, -0.1) is 0 Å². The molecule has 1 N–H and O–H groups in total. The van der Waals surface area contributed by atoms with Gasteiger partial charge in [0.2, 0.25) is 0 Å². The topological polar surface area (TPSA) is 55.1 Å². The maximum Gasteiger partial charge on any atom is 0.312 e. The largest absolute Gasteiger partial charge is 0.481 e. The fourth-order valence-corrected chi connectivity index (χ4v) is 2.62. The minimum atomic E-state index is -0.782. The highest BCUT2D eigenvalue weighted by Crippen LogP contribution is 2.26. The van der Waals surface area contributed by atoms with Crippen LogP contribution in [0.1, 0.15) is 50.6 Å². The van der Waals surface area contributed by atoms with E-state index in [0.717, 1.165) is 12.2 Å². The van der Waals surface area contributed by atoms with Crippen molar-refractivity contribution in [1.29, 1.82) is 0 Å². The van der Waals surface area contributed by atoms with Crippen LogP contribution in [0.15, 0.2) is 12.5 Å². The van der Waals surface area contributed by atoms with Gasteiger partial charge in [0.1, 0.15) is 0 Å². The summed E-state index contributed by atoms with van der Waals surface area (Å²) < 4.78 is 2.02. The van der Waals surface area contributed by atoms with Crippen molar-refractivity contribution >= 4 is 5.97 Å². The molecule has 1 saturated carbocycles. The first-order chi connectivity index (χ1) is 8.18. The van der Waals surface area contributed by atoms with Gasteiger partial charge in [0.25, 0.3) is 0 Å². The minimum Gasteiger partial charge on any atom is -0.481 e. The van der Waals surface area contributed by atoms with Crippen molar-refractivity contribution in [2.45, 2.75) is 51.5 Å². The summed E-state index contributed by atoms with van der Waals surface area (Å²) in [5.41, 5.74) is 0.822. The van der Waals surface area contributed by atoms with Crippen molar-refractivity contribution in [2.75, 3.05) is 0 Å². The van der Waals surface area contributed by atoms with Gasteiger partial charge in [-0.25, -0.2) is 4.98 Å². The molecule has 1 fully saturated rings. The minimum absolute atomic E-state index is 0.471. The Labute approximate surface area is 102 Å². The second-order valence-corrected chi connectivity index (χ2v) is 5.03. The molecule has 0 amide bonds. The normalized spacial score (nSPS) is 19.1. The van der Waals surface area contributed by atoms with E-state index in [4.69, 9.17) is 5.11 Å². The Kier molecular flexibility index (Phi) is 3.82. The van der Waals surface area contributed by atoms with E-state index in [-0.39, 0.29) is 0 Å². The van der Waals surface area contributed by atoms with E-state index in [9.17, 15) is 4.79 Å². The molecule has 0 saturated heterocycles. The van der Waals surface area contributed by atoms with Gasteiger partial charge in [-0.05, 0) is 25.7 Å². The molecule has 1 unspecified atom stereocenters. The molecule has 17 heavy (non-hydrogen) atoms. The molecule has 0 bridgehead atoms. The van der Waals surface area contributed by atoms with Crippen LogP contribution in [0, 0.1) is 5.92 Å². The number of carboxylic acid groups (broad SMARTS) is 1. The Morgan fingerprint density at radius 1 is 1.53 bits per heavy atom. The molecule has 4 heteroatoms. The lowest BCUT2D eigenvalue weighted by atomic mass is 9.89. The number of aliphatic carboxylic acids is 1. The van der Waals surface area contributed by atoms with E-state index in [1.165, 1.54) is 32.1 Å². The zero-order valence-electron chi connectivity index (χ0n) is 10.3. The lowest BCUT2D eigenvalue weighted by Gasteiger charge is -2.23. The highest BCUT2D eigenvalue weighted by Gasteiger charge is 2.20. The number of nitrogens with zero attached hydrogens (tertiary/aromatic N) is 2. The molecule has 0 spiro atoms. The molecule has 2 rings (SSSR count). The maximum absolute atomic E-state index is 11.0. The lowest BCUT2D eigenvalue weighted by molar-refractivity contribution is -0.138. The molecule has 0 radical (unpaired) electrons. The molecular formula is C13H20N2O2. The predicted octanol–water partition coefficient (Wildman–Crippen LogP) is 2.65. The molecule has 1 heterocycles. The van der Waals surface area contributed by atoms with Crippen LogP contribution < -0.4 is 0 Å². The second kappa shape index (κ2) is 5.34. The summed E-state index contributed by atoms with van der Waals surface area (Å²) >= 11 is 0. The van der Waals surface area contributed by atoms with Gasteiger partial charge in [-0.3, -0.25) is 4.79 Å². The van der Waals surface area contributed by atoms with E-state index in [1.54, 1.807) is 19.4 Å². The Balaban J connectivity index is 2.05. The second-order valence-electron chi connectivity index (χ2n) is 5.03. The van der Waals surface area contributed by atoms with Gasteiger partial charge in [-0.1, -0.05) is 19.3 Å². The fourth-order valence-electron chi connectivity index (χ4n) is 2.62. The SMILES string of the molecule is CC(C(=O)O)c1cncn1CC1CCCCC1. The average Bonchev–Trinajstić information content (AvgIpc) is 2.77. The van der Waals surface area contributed by atoms with E-state index >= 15 is 0 Å². The van der Waals surface area contributed by atoms with Crippen LogP contribution in [0.25, 0.3) is 0 Å². The average molecular weight is 236 g/mol. The Hall–Kier alpha value is -1.32. The number of rotatable bonds is 4. The van der Waals surface area contributed by atoms with Crippen LogP contribution in [-0.4, -0.2) is 20.6 Å². The number of aromatic nitrogens is 2. The zero-order chi connectivity index (χ0) is 12.3. The van der Waals surface area contributed by atoms with Gasteiger partial charge < -0.3 is 9.67 Å². The van der Waals surface area contributed by atoms with Crippen molar-refractivity contribution < 1.29 is 9.90 Å². The summed E-state index contributed by atoms with van der Waals surface area (Å²) in [4.78, 5) is 15.1. The summed E-state index contributed by atoms with van der Waals surface area (Å²) in [5, 5.41) is 9.04. The van der Waals surface area contributed by atoms with Gasteiger partial charge in [0.05, 0.1) is 17.9 Å². The first-order valence-corrected chi connectivity index (χ1v) is 6.41. The van der Waals surface area contributed by atoms with Crippen molar-refractivity contribution in [2.24, 2.45) is 5.92 Å². The molecule has 1 aromatic heterocycles. The van der Waals surface area contributed by atoms with Crippen LogP contribution in [0.3, 0.4) is 0 Å². The lowest BCUT2D eigenvalue weighted by Crippen LogP contribution is -2.18. The van der Waals surface area contributed by atoms with Crippen LogP contribution in [0.4, 0.5) is 0 Å². The smallest absolute Gasteiger partial charge is 0.312 e. The molecule has 1 aliphatic carbocycles. The number of carboxylic acids is 1. The molecule has 1 aromatic rings. The van der Waals surface area contributed by atoms with Gasteiger partial charge in [0.15, 0.2) is 0 Å². The Morgan fingerprint density at radius 2 is 2.24 bits per heavy atom. The number of imidazole rings is 1. The quantitative estimate of drug-likeness (QED) is 0.874. The van der Waals surface area contributed by atoms with E-state index < -0.39 is 11.9 Å². The van der Waals surface area contributed by atoms with E-state index in [0.29, 0.717) is 5.92 Å². The van der Waals surface area contributed by atoms with Crippen LogP contribution in [0.2, 0.25) is 0 Å². The van der Waals surface area contributed by atoms with Gasteiger partial charge >= 0.3 is 5.97 Å². The maximum atomic E-state index is 11.0. The summed E-state index contributed by atoms with van der Waals surface area (Å²) in [6.45, 7) is 2.64. The van der Waals surface area contributed by atoms with Crippen LogP contribution in [-0.2, 0) is 11.3 Å². The van der Waals surface area contributed by atoms with E-state index in [2.05, 4.69) is 4.98 Å². The standard InChI is InChI=1S/C13H20N2O2/c1-10(13(16)17)12-7-14-9-15(12)8-11-5-3-2-4-6-11/h7,9-11H,2-6,8H2,1H3,(H,16,17). The highest BCUT2D eigenvalue weighted by molar-refractivity contribution is 5.74. The van der Waals surface area contributed by atoms with E-state index in [1.807, 2.05) is 4.57 Å². The summed E-state index contributed by atoms with van der Waals surface area (Å²) in [7, 11) is 0. The number of hydrogen-bond acceptors (Lipinski definition) is 2. The summed E-state index contributed by atoms with van der Waals surface area (Å²) in [6, 6.07) is 0. The summed E-state index contributed by atoms with van der Waals surface area (Å²) in [6.07, 6.45) is 9.94. The van der Waals surface area contributed by atoms with Crippen molar-refractivity contribution in [1.82, 2.24) is 9.55 Å². The molecular weight excluding hydrogens is 216 g/mol. The Bertz CT molecular complexity index is 381. The van der Waals surface area contributed by atoms with Crippen molar-refractivity contribution in [3.05, 3.63) is 18.2 Å². The van der Waals surface area contributed by atoms with Crippen molar-refractivity contribution in [3.8, 4) is 0 Å². The molecule has 0 aliphatic heterocycles. The summed E-state index contributed by atoms with van der Waals surface area (Å²) in [5.74, 6) is -0.561. The molecule has 1 atom stereocenters. The molecule has 1 aliphatic rings. The number of hydrogen-bond donors (Lipinski definition) is 1. The monoisotopic (exact) mass is 236 g/mol. The van der Waals surface area contributed by atoms with Crippen LogP contribution in [0.5, 0.6) is 0 Å². The molecule has 0 aromatic carbocycles. The Morgan fingerprint density at radius 3 is 2.88 bits per heavy atom. The zero-order valence-corrected chi connectivity index (χ0v) is 10.3. The van der Waals surface area contributed by atoms with Gasteiger partial charge in [0, 0.05) is 12.7 Å². The third-order valence-electron chi connectivity index (χ3n) is 3.74.